The summed E-state index contributed by atoms with van der Waals surface area (Å²) in [7, 11) is 0. The van der Waals surface area contributed by atoms with Gasteiger partial charge in [-0.05, 0) is 57.7 Å². The highest BCUT2D eigenvalue weighted by molar-refractivity contribution is 5.94. The third-order valence-electron chi connectivity index (χ3n) is 5.51. The number of nitrogens with zero attached hydrogens (tertiary/aromatic N) is 1. The van der Waals surface area contributed by atoms with E-state index in [2.05, 4.69) is 15.2 Å². The van der Waals surface area contributed by atoms with E-state index in [0.717, 1.165) is 36.0 Å². The molecule has 0 aromatic carbocycles. The van der Waals surface area contributed by atoms with Crippen LogP contribution >= 0.6 is 0 Å². The van der Waals surface area contributed by atoms with E-state index in [9.17, 15) is 4.79 Å². The molecule has 0 spiro atoms. The van der Waals surface area contributed by atoms with Crippen LogP contribution in [0.2, 0.25) is 0 Å². The van der Waals surface area contributed by atoms with Crippen LogP contribution < -0.4 is 5.32 Å². The van der Waals surface area contributed by atoms with Crippen molar-refractivity contribution >= 4 is 5.91 Å². The number of H-pyrrole nitrogens is 1. The Bertz CT molecular complexity index is 529. The average molecular weight is 317 g/mol. The van der Waals surface area contributed by atoms with Gasteiger partial charge in [0.25, 0.3) is 5.91 Å². The van der Waals surface area contributed by atoms with Gasteiger partial charge < -0.3 is 10.3 Å². The summed E-state index contributed by atoms with van der Waals surface area (Å²) in [5, 5.41) is 3.26. The summed E-state index contributed by atoms with van der Waals surface area (Å²) in [5.74, 6) is 0.0586. The monoisotopic (exact) mass is 317 g/mol. The molecule has 1 saturated carbocycles. The van der Waals surface area contributed by atoms with E-state index in [1.54, 1.807) is 0 Å². The van der Waals surface area contributed by atoms with E-state index in [4.69, 9.17) is 0 Å². The smallest absolute Gasteiger partial charge is 0.268 e. The molecule has 2 fully saturated rings. The highest BCUT2D eigenvalue weighted by atomic mass is 16.2. The van der Waals surface area contributed by atoms with Gasteiger partial charge in [-0.1, -0.05) is 25.7 Å². The number of hydrogen-bond acceptors (Lipinski definition) is 2. The number of carbonyl (C=O) groups is 1. The molecule has 4 nitrogen and oxygen atoms in total. The number of aromatic nitrogens is 1. The topological polar surface area (TPSA) is 48.1 Å². The molecule has 1 aromatic heterocycles. The molecule has 1 saturated heterocycles. The fourth-order valence-corrected chi connectivity index (χ4v) is 4.30. The van der Waals surface area contributed by atoms with Crippen LogP contribution in [0.15, 0.2) is 6.07 Å². The molecule has 1 amide bonds. The Morgan fingerprint density at radius 2 is 1.87 bits per heavy atom. The first-order chi connectivity index (χ1) is 11.1. The van der Waals surface area contributed by atoms with Gasteiger partial charge >= 0.3 is 0 Å². The van der Waals surface area contributed by atoms with Crippen molar-refractivity contribution in [3.63, 3.8) is 0 Å². The molecule has 1 aromatic rings. The van der Waals surface area contributed by atoms with Gasteiger partial charge in [0.15, 0.2) is 0 Å². The van der Waals surface area contributed by atoms with Gasteiger partial charge in [0, 0.05) is 24.3 Å². The minimum absolute atomic E-state index is 0.0586. The van der Waals surface area contributed by atoms with Crippen LogP contribution in [0, 0.1) is 13.8 Å². The van der Waals surface area contributed by atoms with Crippen LogP contribution in [-0.2, 0) is 0 Å². The van der Waals surface area contributed by atoms with Gasteiger partial charge in [-0.3, -0.25) is 9.69 Å². The molecule has 3 rings (SSSR count). The summed E-state index contributed by atoms with van der Waals surface area (Å²) < 4.78 is 0. The number of piperidine rings is 1. The molecule has 1 aliphatic carbocycles. The van der Waals surface area contributed by atoms with Gasteiger partial charge in [-0.2, -0.15) is 0 Å². The van der Waals surface area contributed by atoms with E-state index in [-0.39, 0.29) is 5.91 Å². The molecular weight excluding hydrogens is 286 g/mol. The second-order valence-corrected chi connectivity index (χ2v) is 7.46. The van der Waals surface area contributed by atoms with E-state index >= 15 is 0 Å². The van der Waals surface area contributed by atoms with Crippen molar-refractivity contribution < 1.29 is 4.79 Å². The maximum atomic E-state index is 12.5. The van der Waals surface area contributed by atoms with Gasteiger partial charge in [0.1, 0.15) is 5.69 Å². The van der Waals surface area contributed by atoms with Crippen molar-refractivity contribution in [3.8, 4) is 0 Å². The van der Waals surface area contributed by atoms with Crippen molar-refractivity contribution in [1.29, 1.82) is 0 Å². The first-order valence-corrected chi connectivity index (χ1v) is 9.34. The molecule has 2 aliphatic rings. The largest absolute Gasteiger partial charge is 0.354 e. The number of likely N-dealkylation sites (tertiary alicyclic amines) is 1. The molecule has 4 heteroatoms. The number of nitrogens with one attached hydrogen (secondary N) is 2. The molecule has 2 heterocycles. The molecule has 23 heavy (non-hydrogen) atoms. The van der Waals surface area contributed by atoms with Crippen LogP contribution in [0.5, 0.6) is 0 Å². The number of hydrogen-bond donors (Lipinski definition) is 2. The first kappa shape index (κ1) is 16.6. The van der Waals surface area contributed by atoms with Crippen molar-refractivity contribution in [2.24, 2.45) is 0 Å². The lowest BCUT2D eigenvalue weighted by Crippen LogP contribution is -2.51. The predicted molar refractivity (Wildman–Crippen MR) is 93.8 cm³/mol. The van der Waals surface area contributed by atoms with Crippen molar-refractivity contribution in [1.82, 2.24) is 15.2 Å². The van der Waals surface area contributed by atoms with Crippen LogP contribution in [0.4, 0.5) is 0 Å². The fourth-order valence-electron chi connectivity index (χ4n) is 4.30. The Morgan fingerprint density at radius 3 is 2.52 bits per heavy atom. The third-order valence-corrected chi connectivity index (χ3v) is 5.51. The van der Waals surface area contributed by atoms with E-state index in [0.29, 0.717) is 6.04 Å². The first-order valence-electron chi connectivity index (χ1n) is 9.34. The normalized spacial score (nSPS) is 24.3. The quantitative estimate of drug-likeness (QED) is 0.838. The second kappa shape index (κ2) is 7.52. The molecule has 1 aliphatic heterocycles. The minimum atomic E-state index is 0.0586. The Hall–Kier alpha value is -1.29. The SMILES string of the molecule is Cc1cc(C)c(C(=O)NC2CCCN(C3CCCCCC3)C2)[nH]1. The number of aryl methyl sites for hydroxylation is 2. The Kier molecular flexibility index (Phi) is 5.42. The van der Waals surface area contributed by atoms with Crippen molar-refractivity contribution in [2.75, 3.05) is 13.1 Å². The number of amides is 1. The van der Waals surface area contributed by atoms with Gasteiger partial charge in [0.2, 0.25) is 0 Å². The van der Waals surface area contributed by atoms with Crippen molar-refractivity contribution in [2.45, 2.75) is 77.3 Å². The van der Waals surface area contributed by atoms with Crippen LogP contribution in [0.1, 0.15) is 73.1 Å². The zero-order valence-corrected chi connectivity index (χ0v) is 14.7. The average Bonchev–Trinajstić information content (AvgIpc) is 2.75. The van der Waals surface area contributed by atoms with Crippen molar-refractivity contribution in [3.05, 3.63) is 23.0 Å². The fraction of sp³-hybridized carbons (Fsp3) is 0.737. The molecule has 1 unspecified atom stereocenters. The lowest BCUT2D eigenvalue weighted by Gasteiger charge is -2.38. The summed E-state index contributed by atoms with van der Waals surface area (Å²) in [6.07, 6.45) is 10.5. The number of carbonyl (C=O) groups excluding carboxylic acids is 1. The standard InChI is InChI=1S/C19H31N3O/c1-14-12-15(2)20-18(14)19(23)21-16-8-7-11-22(13-16)17-9-5-3-4-6-10-17/h12,16-17,20H,3-11,13H2,1-2H3,(H,21,23). The van der Waals surface area contributed by atoms with Gasteiger partial charge in [0.05, 0.1) is 0 Å². The van der Waals surface area contributed by atoms with Crippen LogP contribution in [0.25, 0.3) is 0 Å². The summed E-state index contributed by atoms with van der Waals surface area (Å²) in [6, 6.07) is 3.07. The molecule has 128 valence electrons. The lowest BCUT2D eigenvalue weighted by atomic mass is 9.99. The van der Waals surface area contributed by atoms with Gasteiger partial charge in [-0.15, -0.1) is 0 Å². The maximum Gasteiger partial charge on any atom is 0.268 e. The maximum absolute atomic E-state index is 12.5. The Balaban J connectivity index is 1.57. The summed E-state index contributed by atoms with van der Waals surface area (Å²) in [4.78, 5) is 18.4. The van der Waals surface area contributed by atoms with E-state index in [1.807, 2.05) is 19.9 Å². The van der Waals surface area contributed by atoms with Gasteiger partial charge in [-0.25, -0.2) is 0 Å². The second-order valence-electron chi connectivity index (χ2n) is 7.46. The van der Waals surface area contributed by atoms with Crippen LogP contribution in [0.3, 0.4) is 0 Å². The molecule has 2 N–H and O–H groups in total. The third kappa shape index (κ3) is 4.17. The Morgan fingerprint density at radius 1 is 1.13 bits per heavy atom. The van der Waals surface area contributed by atoms with E-state index in [1.165, 1.54) is 51.5 Å². The molecule has 0 bridgehead atoms. The lowest BCUT2D eigenvalue weighted by molar-refractivity contribution is 0.0856. The summed E-state index contributed by atoms with van der Waals surface area (Å²) >= 11 is 0. The number of aromatic amines is 1. The molecular formula is C19H31N3O. The van der Waals surface area contributed by atoms with E-state index < -0.39 is 0 Å². The summed E-state index contributed by atoms with van der Waals surface area (Å²) in [6.45, 7) is 6.22. The van der Waals surface area contributed by atoms with Crippen LogP contribution in [-0.4, -0.2) is 41.0 Å². The zero-order valence-electron chi connectivity index (χ0n) is 14.7. The molecule has 0 radical (unpaired) electrons. The minimum Gasteiger partial charge on any atom is -0.354 e. The predicted octanol–water partition coefficient (Wildman–Crippen LogP) is 3.55. The Labute approximate surface area is 140 Å². The highest BCUT2D eigenvalue weighted by Gasteiger charge is 2.27. The highest BCUT2D eigenvalue weighted by Crippen LogP contribution is 2.24. The zero-order chi connectivity index (χ0) is 16.2. The number of rotatable bonds is 3. The summed E-state index contributed by atoms with van der Waals surface area (Å²) in [5.41, 5.74) is 2.82. The molecule has 1 atom stereocenters.